The molecule has 98 valence electrons. The van der Waals surface area contributed by atoms with Gasteiger partial charge in [-0.3, -0.25) is 0 Å². The van der Waals surface area contributed by atoms with Crippen molar-refractivity contribution in [2.75, 3.05) is 0 Å². The lowest BCUT2D eigenvalue weighted by Gasteiger charge is -2.30. The molecule has 2 aromatic rings. The molecule has 0 amide bonds. The molecule has 19 heavy (non-hydrogen) atoms. The van der Waals surface area contributed by atoms with Crippen LogP contribution in [0.2, 0.25) is 0 Å². The van der Waals surface area contributed by atoms with Crippen molar-refractivity contribution in [3.63, 3.8) is 0 Å². The summed E-state index contributed by atoms with van der Waals surface area (Å²) in [5.41, 5.74) is 0.583. The van der Waals surface area contributed by atoms with Gasteiger partial charge in [-0.05, 0) is 21.8 Å². The van der Waals surface area contributed by atoms with Gasteiger partial charge in [0, 0.05) is 0 Å². The summed E-state index contributed by atoms with van der Waals surface area (Å²) in [5, 5.41) is 22.0. The topological polar surface area (TPSA) is 44.0 Å². The Bertz CT molecular complexity index is 614. The Morgan fingerprint density at radius 1 is 1.05 bits per heavy atom. The van der Waals surface area contributed by atoms with E-state index in [9.17, 15) is 10.4 Å². The second-order valence-electron chi connectivity index (χ2n) is 5.99. The molecule has 0 spiro atoms. The van der Waals surface area contributed by atoms with Crippen molar-refractivity contribution in [3.8, 4) is 6.07 Å². The highest BCUT2D eigenvalue weighted by atomic mass is 16.3. The van der Waals surface area contributed by atoms with Crippen molar-refractivity contribution in [2.45, 2.75) is 32.8 Å². The lowest BCUT2D eigenvalue weighted by Crippen LogP contribution is -2.31. The lowest BCUT2D eigenvalue weighted by molar-refractivity contribution is 0.0530. The average Bonchev–Trinajstić information content (AvgIpc) is 2.38. The molecule has 0 bridgehead atoms. The van der Waals surface area contributed by atoms with Crippen LogP contribution in [0.15, 0.2) is 42.5 Å². The number of fused-ring (bicyclic) bond motifs is 1. The fourth-order valence-corrected chi connectivity index (χ4v) is 2.33. The van der Waals surface area contributed by atoms with Crippen molar-refractivity contribution in [1.29, 1.82) is 5.26 Å². The van der Waals surface area contributed by atoms with Crippen LogP contribution in [-0.2, 0) is 0 Å². The first-order valence-corrected chi connectivity index (χ1v) is 6.50. The van der Waals surface area contributed by atoms with Crippen LogP contribution in [0.1, 0.15) is 32.3 Å². The minimum atomic E-state index is -0.691. The molecule has 2 atom stereocenters. The maximum absolute atomic E-state index is 10.4. The number of nitriles is 1. The summed E-state index contributed by atoms with van der Waals surface area (Å²) in [7, 11) is 0. The Morgan fingerprint density at radius 3 is 2.32 bits per heavy atom. The fourth-order valence-electron chi connectivity index (χ4n) is 2.33. The largest absolute Gasteiger partial charge is 0.391 e. The van der Waals surface area contributed by atoms with Gasteiger partial charge >= 0.3 is 0 Å². The van der Waals surface area contributed by atoms with E-state index in [1.54, 1.807) is 0 Å². The SMILES string of the molecule is CC(C)(C)[C@@H](O)[C@H](C#N)c1cccc2ccccc12. The highest BCUT2D eigenvalue weighted by molar-refractivity contribution is 5.86. The average molecular weight is 253 g/mol. The molecule has 0 unspecified atom stereocenters. The number of rotatable bonds is 2. The molecule has 2 nitrogen and oxygen atoms in total. The van der Waals surface area contributed by atoms with Gasteiger partial charge < -0.3 is 5.11 Å². The molecular formula is C17H19NO. The van der Waals surface area contributed by atoms with E-state index in [-0.39, 0.29) is 5.41 Å². The molecule has 0 heterocycles. The monoisotopic (exact) mass is 253 g/mol. The van der Waals surface area contributed by atoms with Gasteiger partial charge in [-0.25, -0.2) is 0 Å². The van der Waals surface area contributed by atoms with Gasteiger partial charge in [0.25, 0.3) is 0 Å². The lowest BCUT2D eigenvalue weighted by atomic mass is 9.78. The van der Waals surface area contributed by atoms with E-state index in [4.69, 9.17) is 0 Å². The van der Waals surface area contributed by atoms with Gasteiger partial charge in [-0.15, -0.1) is 0 Å². The number of hydrogen-bond donors (Lipinski definition) is 1. The minimum Gasteiger partial charge on any atom is -0.391 e. The predicted octanol–water partition coefficient (Wildman–Crippen LogP) is 3.85. The summed E-state index contributed by atoms with van der Waals surface area (Å²) >= 11 is 0. The molecule has 0 aliphatic heterocycles. The first kappa shape index (κ1) is 13.6. The number of nitrogens with zero attached hydrogens (tertiary/aromatic N) is 1. The van der Waals surface area contributed by atoms with Crippen LogP contribution in [0.4, 0.5) is 0 Å². The third-order valence-corrected chi connectivity index (χ3v) is 3.50. The number of benzene rings is 2. The molecule has 2 heteroatoms. The fraction of sp³-hybridized carbons (Fsp3) is 0.353. The number of hydrogen-bond acceptors (Lipinski definition) is 2. The molecule has 0 saturated carbocycles. The highest BCUT2D eigenvalue weighted by Crippen LogP contribution is 2.34. The molecule has 2 aromatic carbocycles. The number of aliphatic hydroxyl groups is 1. The van der Waals surface area contributed by atoms with E-state index in [2.05, 4.69) is 6.07 Å². The zero-order valence-corrected chi connectivity index (χ0v) is 11.6. The first-order chi connectivity index (χ1) is 8.95. The quantitative estimate of drug-likeness (QED) is 0.883. The Labute approximate surface area is 114 Å². The third kappa shape index (κ3) is 2.62. The maximum atomic E-state index is 10.4. The summed E-state index contributed by atoms with van der Waals surface area (Å²) in [6.07, 6.45) is -0.691. The Hall–Kier alpha value is -1.85. The van der Waals surface area contributed by atoms with Gasteiger partial charge in [-0.1, -0.05) is 63.2 Å². The number of aliphatic hydroxyl groups excluding tert-OH is 1. The van der Waals surface area contributed by atoms with Crippen LogP contribution in [0.25, 0.3) is 10.8 Å². The standard InChI is InChI=1S/C17H19NO/c1-17(2,3)16(19)15(11-18)14-10-6-8-12-7-4-5-9-13(12)14/h4-10,15-16,19H,1-3H3/t15-,16+/m1/s1. The van der Waals surface area contributed by atoms with Gasteiger partial charge in [0.2, 0.25) is 0 Å². The van der Waals surface area contributed by atoms with Crippen LogP contribution < -0.4 is 0 Å². The van der Waals surface area contributed by atoms with Crippen LogP contribution >= 0.6 is 0 Å². The zero-order valence-electron chi connectivity index (χ0n) is 11.6. The van der Waals surface area contributed by atoms with E-state index in [1.807, 2.05) is 63.2 Å². The van der Waals surface area contributed by atoms with Crippen molar-refractivity contribution in [3.05, 3.63) is 48.0 Å². The molecule has 2 rings (SSSR count). The van der Waals surface area contributed by atoms with Gasteiger partial charge in [0.15, 0.2) is 0 Å². The van der Waals surface area contributed by atoms with Gasteiger partial charge in [0.1, 0.15) is 0 Å². The molecular weight excluding hydrogens is 234 g/mol. The summed E-state index contributed by atoms with van der Waals surface area (Å²) in [6.45, 7) is 5.85. The Balaban J connectivity index is 2.57. The van der Waals surface area contributed by atoms with Crippen molar-refractivity contribution in [1.82, 2.24) is 0 Å². The van der Waals surface area contributed by atoms with E-state index in [0.717, 1.165) is 16.3 Å². The van der Waals surface area contributed by atoms with Gasteiger partial charge in [-0.2, -0.15) is 5.26 Å². The summed E-state index contributed by atoms with van der Waals surface area (Å²) in [4.78, 5) is 0. The predicted molar refractivity (Wildman–Crippen MR) is 77.8 cm³/mol. The van der Waals surface area contributed by atoms with Crippen LogP contribution in [0.3, 0.4) is 0 Å². The van der Waals surface area contributed by atoms with E-state index < -0.39 is 12.0 Å². The van der Waals surface area contributed by atoms with Crippen LogP contribution in [0.5, 0.6) is 0 Å². The van der Waals surface area contributed by atoms with E-state index in [1.165, 1.54) is 0 Å². The van der Waals surface area contributed by atoms with E-state index >= 15 is 0 Å². The molecule has 0 aliphatic rings. The van der Waals surface area contributed by atoms with Gasteiger partial charge in [0.05, 0.1) is 18.1 Å². The molecule has 0 saturated heterocycles. The summed E-state index contributed by atoms with van der Waals surface area (Å²) in [5.74, 6) is -0.508. The molecule has 0 aliphatic carbocycles. The summed E-state index contributed by atoms with van der Waals surface area (Å²) in [6, 6.07) is 16.1. The second-order valence-corrected chi connectivity index (χ2v) is 5.99. The Kier molecular flexibility index (Phi) is 3.59. The molecule has 1 N–H and O–H groups in total. The third-order valence-electron chi connectivity index (χ3n) is 3.50. The normalized spacial score (nSPS) is 14.9. The second kappa shape index (κ2) is 5.03. The summed E-state index contributed by atoms with van der Waals surface area (Å²) < 4.78 is 0. The Morgan fingerprint density at radius 2 is 1.68 bits per heavy atom. The van der Waals surface area contributed by atoms with Crippen LogP contribution in [0, 0.1) is 16.7 Å². The van der Waals surface area contributed by atoms with E-state index in [0.29, 0.717) is 0 Å². The van der Waals surface area contributed by atoms with Crippen molar-refractivity contribution < 1.29 is 5.11 Å². The molecule has 0 fully saturated rings. The molecule has 0 radical (unpaired) electrons. The van der Waals surface area contributed by atoms with Crippen molar-refractivity contribution >= 4 is 10.8 Å². The zero-order chi connectivity index (χ0) is 14.0. The smallest absolute Gasteiger partial charge is 0.0982 e. The first-order valence-electron chi connectivity index (χ1n) is 6.50. The van der Waals surface area contributed by atoms with Crippen molar-refractivity contribution in [2.24, 2.45) is 5.41 Å². The maximum Gasteiger partial charge on any atom is 0.0982 e. The molecule has 0 aromatic heterocycles. The van der Waals surface area contributed by atoms with Crippen LogP contribution in [-0.4, -0.2) is 11.2 Å². The highest BCUT2D eigenvalue weighted by Gasteiger charge is 2.32. The minimum absolute atomic E-state index is 0.322.